The third kappa shape index (κ3) is 4.28. The van der Waals surface area contributed by atoms with Crippen LogP contribution in [-0.4, -0.2) is 32.8 Å². The summed E-state index contributed by atoms with van der Waals surface area (Å²) in [5.74, 6) is -1.54. The lowest BCUT2D eigenvalue weighted by atomic mass is 9.86. The fourth-order valence-electron chi connectivity index (χ4n) is 2.93. The van der Waals surface area contributed by atoms with Crippen LogP contribution in [0.3, 0.4) is 0 Å². The van der Waals surface area contributed by atoms with Gasteiger partial charge in [0, 0.05) is 11.4 Å². The maximum absolute atomic E-state index is 12.2. The van der Waals surface area contributed by atoms with E-state index in [0.29, 0.717) is 29.1 Å². The van der Waals surface area contributed by atoms with E-state index in [9.17, 15) is 9.59 Å². The Balaban J connectivity index is 2.25. The SMILES string of the molecule is COC(=O)C1=C(C)NC(C)=C(C(=O)OC)C1COCc1ccccc1. The van der Waals surface area contributed by atoms with E-state index >= 15 is 0 Å². The first-order chi connectivity index (χ1) is 12.0. The Hall–Kier alpha value is -2.60. The van der Waals surface area contributed by atoms with Crippen molar-refractivity contribution in [1.29, 1.82) is 0 Å². The maximum Gasteiger partial charge on any atom is 0.336 e. The topological polar surface area (TPSA) is 73.9 Å². The van der Waals surface area contributed by atoms with Gasteiger partial charge in [-0.2, -0.15) is 0 Å². The molecule has 0 amide bonds. The molecule has 1 aliphatic rings. The molecule has 0 aromatic heterocycles. The summed E-state index contributed by atoms with van der Waals surface area (Å²) >= 11 is 0. The van der Waals surface area contributed by atoms with Crippen LogP contribution in [0.1, 0.15) is 19.4 Å². The first-order valence-electron chi connectivity index (χ1n) is 7.96. The number of ether oxygens (including phenoxy) is 3. The van der Waals surface area contributed by atoms with Crippen LogP contribution in [0.4, 0.5) is 0 Å². The zero-order valence-electron chi connectivity index (χ0n) is 14.9. The fourth-order valence-corrected chi connectivity index (χ4v) is 2.93. The number of allylic oxidation sites excluding steroid dienone is 2. The molecular weight excluding hydrogens is 322 g/mol. The molecule has 0 bridgehead atoms. The molecule has 6 nitrogen and oxygen atoms in total. The quantitative estimate of drug-likeness (QED) is 0.798. The Morgan fingerprint density at radius 2 is 1.48 bits per heavy atom. The number of benzene rings is 1. The summed E-state index contributed by atoms with van der Waals surface area (Å²) in [6.45, 7) is 4.09. The molecule has 0 saturated heterocycles. The average Bonchev–Trinajstić information content (AvgIpc) is 2.61. The number of rotatable bonds is 6. The van der Waals surface area contributed by atoms with Crippen molar-refractivity contribution < 1.29 is 23.8 Å². The van der Waals surface area contributed by atoms with E-state index in [4.69, 9.17) is 14.2 Å². The van der Waals surface area contributed by atoms with E-state index in [2.05, 4.69) is 5.32 Å². The van der Waals surface area contributed by atoms with Gasteiger partial charge >= 0.3 is 11.9 Å². The number of hydrogen-bond acceptors (Lipinski definition) is 6. The molecule has 134 valence electrons. The van der Waals surface area contributed by atoms with Gasteiger partial charge < -0.3 is 19.5 Å². The lowest BCUT2D eigenvalue weighted by Crippen LogP contribution is -2.35. The lowest BCUT2D eigenvalue weighted by Gasteiger charge is -2.29. The molecule has 0 radical (unpaired) electrons. The minimum Gasteiger partial charge on any atom is -0.466 e. The molecule has 0 unspecified atom stereocenters. The Morgan fingerprint density at radius 3 is 1.96 bits per heavy atom. The standard InChI is InChI=1S/C19H23NO5/c1-12-16(18(21)23-3)15(17(13(2)20-12)19(22)24-4)11-25-10-14-8-6-5-7-9-14/h5-9,15,20H,10-11H2,1-4H3. The summed E-state index contributed by atoms with van der Waals surface area (Å²) in [6.07, 6.45) is 0. The van der Waals surface area contributed by atoms with Crippen molar-refractivity contribution in [2.75, 3.05) is 20.8 Å². The van der Waals surface area contributed by atoms with Crippen molar-refractivity contribution >= 4 is 11.9 Å². The largest absolute Gasteiger partial charge is 0.466 e. The third-order valence-electron chi connectivity index (χ3n) is 4.09. The van der Waals surface area contributed by atoms with Gasteiger partial charge in [-0.15, -0.1) is 0 Å². The van der Waals surface area contributed by atoms with Gasteiger partial charge in [0.2, 0.25) is 0 Å². The fraction of sp³-hybridized carbons (Fsp3) is 0.368. The van der Waals surface area contributed by atoms with Crippen LogP contribution in [0.25, 0.3) is 0 Å². The molecule has 1 aromatic carbocycles. The molecule has 25 heavy (non-hydrogen) atoms. The highest BCUT2D eigenvalue weighted by Crippen LogP contribution is 2.31. The summed E-state index contributed by atoms with van der Waals surface area (Å²) in [5.41, 5.74) is 3.05. The molecule has 0 saturated carbocycles. The minimum atomic E-state index is -0.551. The van der Waals surface area contributed by atoms with Gasteiger partial charge in [-0.3, -0.25) is 0 Å². The molecule has 6 heteroatoms. The van der Waals surface area contributed by atoms with E-state index in [1.54, 1.807) is 13.8 Å². The van der Waals surface area contributed by atoms with E-state index in [1.165, 1.54) is 14.2 Å². The predicted molar refractivity (Wildman–Crippen MR) is 92.2 cm³/mol. The first kappa shape index (κ1) is 18.7. The van der Waals surface area contributed by atoms with E-state index in [0.717, 1.165) is 5.56 Å². The highest BCUT2D eigenvalue weighted by atomic mass is 16.5. The number of methoxy groups -OCH3 is 2. The van der Waals surface area contributed by atoms with Crippen molar-refractivity contribution in [2.24, 2.45) is 5.92 Å². The van der Waals surface area contributed by atoms with Gasteiger partial charge in [-0.1, -0.05) is 30.3 Å². The molecule has 1 N–H and O–H groups in total. The van der Waals surface area contributed by atoms with Gasteiger partial charge in [0.1, 0.15) is 0 Å². The smallest absolute Gasteiger partial charge is 0.336 e. The molecule has 0 aliphatic carbocycles. The normalized spacial score (nSPS) is 15.0. The Bertz CT molecular complexity index is 668. The zero-order valence-corrected chi connectivity index (χ0v) is 14.9. The van der Waals surface area contributed by atoms with E-state index in [-0.39, 0.29) is 6.61 Å². The van der Waals surface area contributed by atoms with Crippen LogP contribution >= 0.6 is 0 Å². The number of nitrogens with one attached hydrogen (secondary N) is 1. The van der Waals surface area contributed by atoms with E-state index in [1.807, 2.05) is 30.3 Å². The first-order valence-corrected chi connectivity index (χ1v) is 7.96. The summed E-state index contributed by atoms with van der Waals surface area (Å²) in [4.78, 5) is 24.5. The van der Waals surface area contributed by atoms with Crippen LogP contribution in [0.15, 0.2) is 52.9 Å². The number of carbonyl (C=O) groups excluding carboxylic acids is 2. The van der Waals surface area contributed by atoms with Crippen LogP contribution in [0.5, 0.6) is 0 Å². The monoisotopic (exact) mass is 345 g/mol. The minimum absolute atomic E-state index is 0.167. The van der Waals surface area contributed by atoms with Crippen molar-refractivity contribution in [3.8, 4) is 0 Å². The van der Waals surface area contributed by atoms with Crippen LogP contribution in [-0.2, 0) is 30.4 Å². The average molecular weight is 345 g/mol. The van der Waals surface area contributed by atoms with Crippen molar-refractivity contribution in [2.45, 2.75) is 20.5 Å². The van der Waals surface area contributed by atoms with Gasteiger partial charge in [0.25, 0.3) is 0 Å². The summed E-state index contributed by atoms with van der Waals surface area (Å²) in [7, 11) is 2.63. The molecule has 1 heterocycles. The van der Waals surface area contributed by atoms with E-state index < -0.39 is 17.9 Å². The van der Waals surface area contributed by atoms with Gasteiger partial charge in [0.05, 0.1) is 44.5 Å². The molecule has 2 rings (SSSR count). The van der Waals surface area contributed by atoms with Crippen LogP contribution < -0.4 is 5.32 Å². The number of dihydropyridines is 1. The Morgan fingerprint density at radius 1 is 0.960 bits per heavy atom. The van der Waals surface area contributed by atoms with Crippen molar-refractivity contribution in [3.05, 3.63) is 58.4 Å². The molecule has 0 spiro atoms. The molecule has 0 atom stereocenters. The summed E-state index contributed by atoms with van der Waals surface area (Å²) in [5, 5.41) is 3.05. The second-order valence-electron chi connectivity index (χ2n) is 5.74. The maximum atomic E-state index is 12.2. The van der Waals surface area contributed by atoms with Crippen molar-refractivity contribution in [3.63, 3.8) is 0 Å². The zero-order chi connectivity index (χ0) is 18.4. The van der Waals surface area contributed by atoms with Crippen LogP contribution in [0.2, 0.25) is 0 Å². The summed E-state index contributed by atoms with van der Waals surface area (Å²) in [6, 6.07) is 9.69. The Kier molecular flexibility index (Phi) is 6.36. The van der Waals surface area contributed by atoms with Gasteiger partial charge in [-0.05, 0) is 19.4 Å². The highest BCUT2D eigenvalue weighted by Gasteiger charge is 2.36. The number of esters is 2. The Labute approximate surface area is 147 Å². The molecular formula is C19H23NO5. The van der Waals surface area contributed by atoms with Crippen LogP contribution in [0, 0.1) is 5.92 Å². The lowest BCUT2D eigenvalue weighted by molar-refractivity contribution is -0.138. The predicted octanol–water partition coefficient (Wildman–Crippen LogP) is 2.32. The van der Waals surface area contributed by atoms with Gasteiger partial charge in [0.15, 0.2) is 0 Å². The molecule has 1 aromatic rings. The summed E-state index contributed by atoms with van der Waals surface area (Å²) < 4.78 is 15.6. The number of carbonyl (C=O) groups is 2. The highest BCUT2D eigenvalue weighted by molar-refractivity contribution is 5.97. The third-order valence-corrected chi connectivity index (χ3v) is 4.09. The molecule has 1 aliphatic heterocycles. The van der Waals surface area contributed by atoms with Crippen molar-refractivity contribution in [1.82, 2.24) is 5.32 Å². The second-order valence-corrected chi connectivity index (χ2v) is 5.74. The van der Waals surface area contributed by atoms with Gasteiger partial charge in [-0.25, -0.2) is 9.59 Å². The number of hydrogen-bond donors (Lipinski definition) is 1. The second kappa shape index (κ2) is 8.48. The molecule has 0 fully saturated rings.